The molecule has 0 aliphatic heterocycles. The molecule has 0 fully saturated rings. The smallest absolute Gasteiger partial charge is 0.271 e. The van der Waals surface area contributed by atoms with Gasteiger partial charge >= 0.3 is 0 Å². The predicted octanol–water partition coefficient (Wildman–Crippen LogP) is 4.86. The van der Waals surface area contributed by atoms with Crippen molar-refractivity contribution >= 4 is 29.0 Å². The number of benzene rings is 1. The number of hydrogen-bond acceptors (Lipinski definition) is 5. The molecular formula is C21H22Cl2N2O4. The molecule has 1 N–H and O–H groups in total. The van der Waals surface area contributed by atoms with Gasteiger partial charge < -0.3 is 9.84 Å². The lowest BCUT2D eigenvalue weighted by molar-refractivity contribution is 0.103. The predicted molar refractivity (Wildman–Crippen MR) is 112 cm³/mol. The van der Waals surface area contributed by atoms with Crippen LogP contribution >= 0.6 is 23.2 Å². The first-order chi connectivity index (χ1) is 13.8. The van der Waals surface area contributed by atoms with E-state index >= 15 is 0 Å². The number of methoxy groups -OCH3 is 1. The van der Waals surface area contributed by atoms with E-state index in [1.165, 1.54) is 26.2 Å². The van der Waals surface area contributed by atoms with Crippen molar-refractivity contribution in [2.45, 2.75) is 46.1 Å². The molecule has 0 spiro atoms. The van der Waals surface area contributed by atoms with E-state index in [-0.39, 0.29) is 44.6 Å². The van der Waals surface area contributed by atoms with Crippen LogP contribution in [-0.4, -0.2) is 22.6 Å². The molecule has 1 aromatic carbocycles. The Morgan fingerprint density at radius 2 is 1.86 bits per heavy atom. The van der Waals surface area contributed by atoms with Gasteiger partial charge in [0.1, 0.15) is 11.6 Å². The number of unbranched alkanes of at least 4 members (excludes halogenated alkanes) is 3. The van der Waals surface area contributed by atoms with Crippen LogP contribution in [0.5, 0.6) is 11.6 Å². The number of aromatic nitrogens is 1. The lowest BCUT2D eigenvalue weighted by atomic mass is 9.97. The molecule has 0 amide bonds. The fourth-order valence-corrected chi connectivity index (χ4v) is 3.80. The van der Waals surface area contributed by atoms with Crippen molar-refractivity contribution in [1.29, 1.82) is 5.26 Å². The Kier molecular flexibility index (Phi) is 7.72. The highest BCUT2D eigenvalue weighted by Crippen LogP contribution is 2.35. The van der Waals surface area contributed by atoms with E-state index < -0.39 is 17.2 Å². The molecule has 0 atom stereocenters. The van der Waals surface area contributed by atoms with Gasteiger partial charge in [-0.3, -0.25) is 14.2 Å². The van der Waals surface area contributed by atoms with Gasteiger partial charge in [-0.25, -0.2) is 0 Å². The third-order valence-electron chi connectivity index (χ3n) is 4.73. The number of carbonyl (C=O) groups is 1. The maximum absolute atomic E-state index is 13.2. The molecule has 8 heteroatoms. The lowest BCUT2D eigenvalue weighted by Gasteiger charge is -2.16. The van der Waals surface area contributed by atoms with Gasteiger partial charge in [0.05, 0.1) is 22.7 Å². The first-order valence-electron chi connectivity index (χ1n) is 9.22. The molecule has 154 valence electrons. The summed E-state index contributed by atoms with van der Waals surface area (Å²) in [5, 5.41) is 20.4. The van der Waals surface area contributed by atoms with Crippen molar-refractivity contribution in [3.8, 4) is 17.7 Å². The van der Waals surface area contributed by atoms with Crippen LogP contribution in [0.4, 0.5) is 0 Å². The number of hydrogen-bond donors (Lipinski definition) is 1. The van der Waals surface area contributed by atoms with Gasteiger partial charge in [-0.05, 0) is 31.0 Å². The Morgan fingerprint density at radius 1 is 1.24 bits per heavy atom. The zero-order valence-electron chi connectivity index (χ0n) is 16.5. The highest BCUT2D eigenvalue weighted by molar-refractivity contribution is 6.38. The maximum Gasteiger partial charge on any atom is 0.271 e. The molecule has 2 aromatic rings. The Bertz CT molecular complexity index is 1020. The molecule has 0 aliphatic rings. The highest BCUT2D eigenvalue weighted by atomic mass is 35.5. The fourth-order valence-electron chi connectivity index (χ4n) is 3.16. The second-order valence-electron chi connectivity index (χ2n) is 6.63. The molecular weight excluding hydrogens is 415 g/mol. The van der Waals surface area contributed by atoms with Crippen molar-refractivity contribution in [2.75, 3.05) is 7.11 Å². The van der Waals surface area contributed by atoms with Gasteiger partial charge in [-0.2, -0.15) is 5.26 Å². The minimum Gasteiger partial charge on any atom is -0.494 e. The Hall–Kier alpha value is -2.49. The number of carbonyl (C=O) groups excluding carboxylic acids is 1. The third-order valence-corrected chi connectivity index (χ3v) is 5.29. The summed E-state index contributed by atoms with van der Waals surface area (Å²) >= 11 is 12.3. The van der Waals surface area contributed by atoms with E-state index in [9.17, 15) is 20.0 Å². The average molecular weight is 437 g/mol. The molecule has 0 saturated heterocycles. The number of nitriles is 1. The number of rotatable bonds is 8. The van der Waals surface area contributed by atoms with E-state index in [4.69, 9.17) is 27.9 Å². The summed E-state index contributed by atoms with van der Waals surface area (Å²) in [4.78, 5) is 25.8. The Morgan fingerprint density at radius 3 is 2.38 bits per heavy atom. The first-order valence-corrected chi connectivity index (χ1v) is 9.98. The molecule has 1 heterocycles. The summed E-state index contributed by atoms with van der Waals surface area (Å²) in [6, 6.07) is 4.59. The quantitative estimate of drug-likeness (QED) is 0.470. The van der Waals surface area contributed by atoms with Crippen LogP contribution in [0, 0.1) is 18.3 Å². The topological polar surface area (TPSA) is 92.3 Å². The van der Waals surface area contributed by atoms with Crippen LogP contribution in [0.2, 0.25) is 10.0 Å². The fraction of sp³-hybridized carbons (Fsp3) is 0.381. The summed E-state index contributed by atoms with van der Waals surface area (Å²) in [5.41, 5.74) is -0.672. The van der Waals surface area contributed by atoms with Crippen LogP contribution < -0.4 is 10.3 Å². The molecule has 6 nitrogen and oxygen atoms in total. The Labute approximate surface area is 179 Å². The largest absolute Gasteiger partial charge is 0.494 e. The third kappa shape index (κ3) is 4.58. The molecule has 0 unspecified atom stereocenters. The number of halogens is 2. The summed E-state index contributed by atoms with van der Waals surface area (Å²) < 4.78 is 6.17. The van der Waals surface area contributed by atoms with Gasteiger partial charge in [0.25, 0.3) is 5.56 Å². The lowest BCUT2D eigenvalue weighted by Crippen LogP contribution is -2.27. The second kappa shape index (κ2) is 9.82. The summed E-state index contributed by atoms with van der Waals surface area (Å²) in [7, 11) is 1.40. The molecule has 0 saturated carbocycles. The highest BCUT2D eigenvalue weighted by Gasteiger charge is 2.26. The number of aromatic hydroxyl groups is 1. The van der Waals surface area contributed by atoms with Crippen molar-refractivity contribution in [2.24, 2.45) is 0 Å². The molecule has 29 heavy (non-hydrogen) atoms. The standard InChI is InChI=1S/C21H22Cl2N2O4/c1-4-5-6-7-8-25-20(27)14(11-24)12(2)17(21(25)28)18(26)13-9-15(22)19(29-3)16(23)10-13/h9-10,28H,4-8H2,1-3H3. The second-order valence-corrected chi connectivity index (χ2v) is 7.44. The van der Waals surface area contributed by atoms with Gasteiger partial charge in [0.15, 0.2) is 11.5 Å². The summed E-state index contributed by atoms with van der Waals surface area (Å²) in [6.07, 6.45) is 3.51. The SMILES string of the molecule is CCCCCCn1c(O)c(C(=O)c2cc(Cl)c(OC)c(Cl)c2)c(C)c(C#N)c1=O. The molecule has 2 rings (SSSR count). The van der Waals surface area contributed by atoms with Crippen molar-refractivity contribution in [3.63, 3.8) is 0 Å². The molecule has 0 aliphatic carbocycles. The van der Waals surface area contributed by atoms with Crippen LogP contribution in [0.1, 0.15) is 59.7 Å². The number of nitrogens with zero attached hydrogens (tertiary/aromatic N) is 2. The number of pyridine rings is 1. The minimum atomic E-state index is -0.610. The van der Waals surface area contributed by atoms with Crippen LogP contribution in [0.3, 0.4) is 0 Å². The van der Waals surface area contributed by atoms with Gasteiger partial charge in [-0.15, -0.1) is 0 Å². The van der Waals surface area contributed by atoms with Crippen LogP contribution in [-0.2, 0) is 6.54 Å². The van der Waals surface area contributed by atoms with Gasteiger partial charge in [0, 0.05) is 12.1 Å². The normalized spacial score (nSPS) is 10.6. The van der Waals surface area contributed by atoms with E-state index in [0.29, 0.717) is 6.42 Å². The van der Waals surface area contributed by atoms with Gasteiger partial charge in [0.2, 0.25) is 5.88 Å². The van der Waals surface area contributed by atoms with Gasteiger partial charge in [-0.1, -0.05) is 49.4 Å². The maximum atomic E-state index is 13.2. The van der Waals surface area contributed by atoms with Crippen LogP contribution in [0.25, 0.3) is 0 Å². The molecule has 0 bridgehead atoms. The minimum absolute atomic E-state index is 0.110. The van der Waals surface area contributed by atoms with Crippen LogP contribution in [0.15, 0.2) is 16.9 Å². The Balaban J connectivity index is 2.61. The zero-order chi connectivity index (χ0) is 21.7. The monoisotopic (exact) mass is 436 g/mol. The molecule has 1 aromatic heterocycles. The number of ether oxygens (including phenoxy) is 1. The summed E-state index contributed by atoms with van der Waals surface area (Å²) in [6.45, 7) is 3.73. The molecule has 0 radical (unpaired) electrons. The first kappa shape index (κ1) is 22.8. The number of ketones is 1. The van der Waals surface area contributed by atoms with E-state index in [1.807, 2.05) is 6.07 Å². The zero-order valence-corrected chi connectivity index (χ0v) is 18.0. The van der Waals surface area contributed by atoms with Crippen molar-refractivity contribution < 1.29 is 14.6 Å². The summed E-state index contributed by atoms with van der Waals surface area (Å²) in [5.74, 6) is -0.828. The van der Waals surface area contributed by atoms with Crippen molar-refractivity contribution in [3.05, 3.63) is 54.8 Å². The van der Waals surface area contributed by atoms with E-state index in [2.05, 4.69) is 6.92 Å². The van der Waals surface area contributed by atoms with E-state index in [0.717, 1.165) is 23.8 Å². The van der Waals surface area contributed by atoms with E-state index in [1.54, 1.807) is 0 Å². The average Bonchev–Trinajstić information content (AvgIpc) is 2.67. The van der Waals surface area contributed by atoms with Crippen molar-refractivity contribution in [1.82, 2.24) is 4.57 Å².